The Morgan fingerprint density at radius 2 is 1.53 bits per heavy atom. The van der Waals surface area contributed by atoms with Crippen LogP contribution >= 0.6 is 0 Å². The van der Waals surface area contributed by atoms with Crippen molar-refractivity contribution in [2.45, 2.75) is 43.8 Å². The van der Waals surface area contributed by atoms with Crippen LogP contribution in [0.2, 0.25) is 0 Å². The van der Waals surface area contributed by atoms with Crippen molar-refractivity contribution in [3.63, 3.8) is 0 Å². The van der Waals surface area contributed by atoms with Gasteiger partial charge in [0.1, 0.15) is 18.1 Å². The van der Waals surface area contributed by atoms with Crippen molar-refractivity contribution in [1.29, 1.82) is 0 Å². The van der Waals surface area contributed by atoms with Gasteiger partial charge in [0.2, 0.25) is 0 Å². The number of aromatic amines is 1. The molecule has 1 aromatic carbocycles. The van der Waals surface area contributed by atoms with Gasteiger partial charge in [-0.3, -0.25) is 19.2 Å². The molecular weight excluding hydrogens is 476 g/mol. The van der Waals surface area contributed by atoms with Crippen LogP contribution in [0.25, 0.3) is 0 Å². The monoisotopic (exact) mass is 510 g/mol. The SMILES string of the molecule is NC(Cc1ccccc1)C(=O)O.NC(Cc1cnc[nH]1)C(=O)O.NCC(=O)O.O=C(O)[C@@H]1CCCN1. The number of benzene rings is 1. The second-order valence-electron chi connectivity index (χ2n) is 7.45. The van der Waals surface area contributed by atoms with Crippen molar-refractivity contribution in [3.05, 3.63) is 54.1 Å². The molecule has 0 radical (unpaired) electrons. The number of aromatic nitrogens is 2. The van der Waals surface area contributed by atoms with E-state index in [-0.39, 0.29) is 19.0 Å². The van der Waals surface area contributed by atoms with Crippen LogP contribution in [0.3, 0.4) is 0 Å². The standard InChI is InChI=1S/C9H11NO2.C6H9N3O2.C5H9NO2.C2H5NO2/c10-8(9(11)12)6-7-4-2-1-3-5-7;7-5(6(10)11)1-4-2-8-3-9-4;7-5(8)4-2-1-3-6-4;3-1-2(4)5/h1-5,8H,6,10H2,(H,11,12);2-3,5H,1,7H2,(H,8,9)(H,10,11);4,6H,1-3H2,(H,7,8);1,3H2,(H,4,5)/t;;4-;/m..0./s1. The Kier molecular flexibility index (Phi) is 16.5. The van der Waals surface area contributed by atoms with Crippen LogP contribution in [0.15, 0.2) is 42.9 Å². The molecule has 2 aromatic rings. The smallest absolute Gasteiger partial charge is 0.320 e. The minimum atomic E-state index is -1.00. The van der Waals surface area contributed by atoms with Crippen LogP contribution in [0, 0.1) is 0 Å². The molecule has 0 saturated carbocycles. The van der Waals surface area contributed by atoms with E-state index in [1.807, 2.05) is 30.3 Å². The number of hydrogen-bond acceptors (Lipinski definition) is 9. The number of imidazole rings is 1. The summed E-state index contributed by atoms with van der Waals surface area (Å²) in [5.74, 6) is -3.65. The normalized spacial score (nSPS) is 15.4. The summed E-state index contributed by atoms with van der Waals surface area (Å²) in [6, 6.07) is 7.42. The number of carboxylic acid groups (broad SMARTS) is 4. The Morgan fingerprint density at radius 3 is 1.89 bits per heavy atom. The third-order valence-corrected chi connectivity index (χ3v) is 4.46. The second kappa shape index (κ2) is 18.5. The molecule has 0 bridgehead atoms. The van der Waals surface area contributed by atoms with Crippen LogP contribution in [0.5, 0.6) is 0 Å². The maximum Gasteiger partial charge on any atom is 0.320 e. The zero-order chi connectivity index (χ0) is 27.5. The van der Waals surface area contributed by atoms with Gasteiger partial charge < -0.3 is 47.9 Å². The molecule has 1 saturated heterocycles. The van der Waals surface area contributed by atoms with Crippen LogP contribution in [0.1, 0.15) is 24.1 Å². The minimum Gasteiger partial charge on any atom is -0.480 e. The molecule has 0 amide bonds. The lowest BCUT2D eigenvalue weighted by Gasteiger charge is -2.04. The minimum absolute atomic E-state index is 0.269. The average molecular weight is 511 g/mol. The van der Waals surface area contributed by atoms with E-state index in [4.69, 9.17) is 31.9 Å². The summed E-state index contributed by atoms with van der Waals surface area (Å²) in [6.45, 7) is 0.580. The lowest BCUT2D eigenvalue weighted by molar-refractivity contribution is -0.139. The number of carbonyl (C=O) groups is 4. The van der Waals surface area contributed by atoms with Gasteiger partial charge in [-0.2, -0.15) is 0 Å². The van der Waals surface area contributed by atoms with Gasteiger partial charge in [0.05, 0.1) is 12.9 Å². The summed E-state index contributed by atoms with van der Waals surface area (Å²) in [4.78, 5) is 46.5. The Balaban J connectivity index is 0.000000474. The number of nitrogens with two attached hydrogens (primary N) is 3. The van der Waals surface area contributed by atoms with Gasteiger partial charge in [-0.05, 0) is 31.4 Å². The summed E-state index contributed by atoms with van der Waals surface area (Å²) in [6.07, 6.45) is 5.50. The summed E-state index contributed by atoms with van der Waals surface area (Å²) < 4.78 is 0. The quantitative estimate of drug-likeness (QED) is 0.203. The van der Waals surface area contributed by atoms with E-state index >= 15 is 0 Å². The lowest BCUT2D eigenvalue weighted by Crippen LogP contribution is -2.32. The molecule has 2 heterocycles. The molecule has 1 aromatic heterocycles. The van der Waals surface area contributed by atoms with Crippen molar-refractivity contribution < 1.29 is 39.6 Å². The lowest BCUT2D eigenvalue weighted by atomic mass is 10.1. The molecule has 1 aliphatic heterocycles. The van der Waals surface area contributed by atoms with Crippen LogP contribution < -0.4 is 22.5 Å². The first-order chi connectivity index (χ1) is 17.0. The molecular formula is C22H34N6O8. The number of carboxylic acids is 4. The highest BCUT2D eigenvalue weighted by molar-refractivity contribution is 5.74. The van der Waals surface area contributed by atoms with Gasteiger partial charge in [-0.15, -0.1) is 0 Å². The molecule has 3 rings (SSSR count). The summed E-state index contributed by atoms with van der Waals surface area (Å²) in [5.41, 5.74) is 16.9. The van der Waals surface area contributed by atoms with Crippen molar-refractivity contribution in [3.8, 4) is 0 Å². The first-order valence-electron chi connectivity index (χ1n) is 10.8. The zero-order valence-electron chi connectivity index (χ0n) is 19.6. The van der Waals surface area contributed by atoms with Gasteiger partial charge in [0.25, 0.3) is 0 Å². The maximum absolute atomic E-state index is 10.4. The number of H-pyrrole nitrogens is 1. The van der Waals surface area contributed by atoms with Crippen molar-refractivity contribution in [2.24, 2.45) is 17.2 Å². The van der Waals surface area contributed by atoms with E-state index in [1.165, 1.54) is 6.33 Å². The Hall–Kier alpha value is -3.85. The predicted molar refractivity (Wildman–Crippen MR) is 129 cm³/mol. The number of nitrogens with one attached hydrogen (secondary N) is 2. The highest BCUT2D eigenvalue weighted by Crippen LogP contribution is 2.03. The summed E-state index contributed by atoms with van der Waals surface area (Å²) in [7, 11) is 0. The molecule has 1 fully saturated rings. The fourth-order valence-corrected chi connectivity index (χ4v) is 2.57. The maximum atomic E-state index is 10.4. The molecule has 14 heteroatoms. The topological polar surface area (TPSA) is 268 Å². The highest BCUT2D eigenvalue weighted by Gasteiger charge is 2.20. The van der Waals surface area contributed by atoms with E-state index in [0.29, 0.717) is 6.42 Å². The van der Waals surface area contributed by atoms with E-state index in [9.17, 15) is 19.2 Å². The molecule has 12 N–H and O–H groups in total. The number of rotatable bonds is 8. The molecule has 200 valence electrons. The van der Waals surface area contributed by atoms with Crippen LogP contribution in [-0.4, -0.2) is 85.5 Å². The number of nitrogens with zero attached hydrogens (tertiary/aromatic N) is 1. The Labute approximate surface area is 207 Å². The fourth-order valence-electron chi connectivity index (χ4n) is 2.57. The average Bonchev–Trinajstić information content (AvgIpc) is 3.55. The third-order valence-electron chi connectivity index (χ3n) is 4.46. The Morgan fingerprint density at radius 1 is 0.972 bits per heavy atom. The summed E-state index contributed by atoms with van der Waals surface area (Å²) >= 11 is 0. The number of aliphatic carboxylic acids is 4. The highest BCUT2D eigenvalue weighted by atomic mass is 16.4. The van der Waals surface area contributed by atoms with E-state index in [1.54, 1.807) is 6.20 Å². The van der Waals surface area contributed by atoms with Gasteiger partial charge in [-0.1, -0.05) is 30.3 Å². The van der Waals surface area contributed by atoms with Gasteiger partial charge in [0, 0.05) is 18.3 Å². The third kappa shape index (κ3) is 15.9. The van der Waals surface area contributed by atoms with Gasteiger partial charge >= 0.3 is 23.9 Å². The molecule has 1 aliphatic rings. The first-order valence-corrected chi connectivity index (χ1v) is 10.8. The van der Waals surface area contributed by atoms with Crippen molar-refractivity contribution in [2.75, 3.05) is 13.1 Å². The van der Waals surface area contributed by atoms with Gasteiger partial charge in [0.15, 0.2) is 0 Å². The molecule has 0 aliphatic carbocycles. The predicted octanol–water partition coefficient (Wildman–Crippen LogP) is -1.14. The van der Waals surface area contributed by atoms with Crippen LogP contribution in [-0.2, 0) is 32.0 Å². The molecule has 3 atom stereocenters. The first kappa shape index (κ1) is 32.1. The molecule has 0 spiro atoms. The van der Waals surface area contributed by atoms with E-state index in [2.05, 4.69) is 21.0 Å². The van der Waals surface area contributed by atoms with Crippen molar-refractivity contribution in [1.82, 2.24) is 15.3 Å². The molecule has 36 heavy (non-hydrogen) atoms. The summed E-state index contributed by atoms with van der Waals surface area (Å²) in [5, 5.41) is 35.7. The zero-order valence-corrected chi connectivity index (χ0v) is 19.6. The van der Waals surface area contributed by atoms with Gasteiger partial charge in [-0.25, -0.2) is 4.98 Å². The largest absolute Gasteiger partial charge is 0.480 e. The van der Waals surface area contributed by atoms with Crippen molar-refractivity contribution >= 4 is 23.9 Å². The van der Waals surface area contributed by atoms with E-state index < -0.39 is 36.0 Å². The van der Waals surface area contributed by atoms with Crippen LogP contribution in [0.4, 0.5) is 0 Å². The molecule has 2 unspecified atom stereocenters. The number of hydrogen-bond donors (Lipinski definition) is 9. The molecule has 14 nitrogen and oxygen atoms in total. The fraction of sp³-hybridized carbons (Fsp3) is 0.409. The van der Waals surface area contributed by atoms with E-state index in [0.717, 1.165) is 30.6 Å². The Bertz CT molecular complexity index is 905. The second-order valence-corrected chi connectivity index (χ2v) is 7.45.